The molecule has 1 N–H and O–H groups in total. The van der Waals surface area contributed by atoms with E-state index in [1.165, 1.54) is 5.56 Å². The summed E-state index contributed by atoms with van der Waals surface area (Å²) in [4.78, 5) is 3.12. The van der Waals surface area contributed by atoms with Crippen molar-refractivity contribution in [3.05, 3.63) is 41.0 Å². The van der Waals surface area contributed by atoms with Crippen molar-refractivity contribution in [1.29, 1.82) is 0 Å². The lowest BCUT2D eigenvalue weighted by Crippen LogP contribution is -1.82. The van der Waals surface area contributed by atoms with Gasteiger partial charge in [-0.2, -0.15) is 0 Å². The number of aromatic nitrogens is 1. The smallest absolute Gasteiger partial charge is 0.0467 e. The molecule has 2 aliphatic rings. The summed E-state index contributed by atoms with van der Waals surface area (Å²) in [5.74, 6) is 0. The normalized spacial score (nSPS) is 10.2. The summed E-state index contributed by atoms with van der Waals surface area (Å²) < 4.78 is 0.875. The lowest BCUT2D eigenvalue weighted by atomic mass is 10.1. The Morgan fingerprint density at radius 1 is 1.18 bits per heavy atom. The SMILES string of the molecule is S=c1ccc2ccc[nH]c-2c1. The minimum absolute atomic E-state index is 0.875. The minimum Gasteiger partial charge on any atom is -0.361 e. The monoisotopic (exact) mass is 161 g/mol. The Hall–Kier alpha value is -1.15. The van der Waals surface area contributed by atoms with E-state index in [2.05, 4.69) is 11.1 Å². The van der Waals surface area contributed by atoms with E-state index >= 15 is 0 Å². The third kappa shape index (κ3) is 1.17. The zero-order valence-corrected chi connectivity index (χ0v) is 6.69. The zero-order chi connectivity index (χ0) is 7.68. The van der Waals surface area contributed by atoms with E-state index in [-0.39, 0.29) is 0 Å². The van der Waals surface area contributed by atoms with Crippen molar-refractivity contribution in [2.24, 2.45) is 0 Å². The van der Waals surface area contributed by atoms with Crippen molar-refractivity contribution in [2.75, 3.05) is 0 Å². The van der Waals surface area contributed by atoms with Gasteiger partial charge >= 0.3 is 0 Å². The first-order chi connectivity index (χ1) is 5.36. The number of pyridine rings is 1. The summed E-state index contributed by atoms with van der Waals surface area (Å²) in [6, 6.07) is 9.95. The molecule has 0 spiro atoms. The highest BCUT2D eigenvalue weighted by atomic mass is 32.1. The Labute approximate surface area is 70.0 Å². The Balaban J connectivity index is 2.84. The molecule has 0 aromatic heterocycles. The fraction of sp³-hybridized carbons (Fsp3) is 0. The number of hydrogen-bond donors (Lipinski definition) is 1. The molecule has 1 nitrogen and oxygen atoms in total. The van der Waals surface area contributed by atoms with Crippen LogP contribution in [0.3, 0.4) is 0 Å². The van der Waals surface area contributed by atoms with Gasteiger partial charge in [-0.1, -0.05) is 24.4 Å². The first-order valence-electron chi connectivity index (χ1n) is 3.44. The average Bonchev–Trinajstić information content (AvgIpc) is 2.04. The predicted octanol–water partition coefficient (Wildman–Crippen LogP) is 2.85. The molecule has 54 valence electrons. The second kappa shape index (κ2) is 2.47. The Morgan fingerprint density at radius 3 is 3.00 bits per heavy atom. The summed E-state index contributed by atoms with van der Waals surface area (Å²) in [5.41, 5.74) is 2.29. The molecule has 2 rings (SSSR count). The third-order valence-corrected chi connectivity index (χ3v) is 1.89. The quantitative estimate of drug-likeness (QED) is 0.587. The summed E-state index contributed by atoms with van der Waals surface area (Å²) >= 11 is 5.02. The van der Waals surface area contributed by atoms with Crippen molar-refractivity contribution in [3.8, 4) is 11.3 Å². The van der Waals surface area contributed by atoms with Gasteiger partial charge in [0.1, 0.15) is 0 Å². The fourth-order valence-electron chi connectivity index (χ4n) is 1.10. The molecule has 2 heteroatoms. The molecule has 0 saturated heterocycles. The molecule has 1 aliphatic carbocycles. The highest BCUT2D eigenvalue weighted by Crippen LogP contribution is 2.17. The van der Waals surface area contributed by atoms with Gasteiger partial charge in [-0.05, 0) is 23.8 Å². The fourth-order valence-corrected chi connectivity index (χ4v) is 1.28. The van der Waals surface area contributed by atoms with E-state index < -0.39 is 0 Å². The van der Waals surface area contributed by atoms with E-state index in [1.807, 2.05) is 30.5 Å². The molecule has 0 saturated carbocycles. The zero-order valence-electron chi connectivity index (χ0n) is 5.87. The molecule has 1 heterocycles. The van der Waals surface area contributed by atoms with Gasteiger partial charge in [-0.3, -0.25) is 0 Å². The molecule has 0 radical (unpaired) electrons. The van der Waals surface area contributed by atoms with Crippen molar-refractivity contribution in [1.82, 2.24) is 4.98 Å². The predicted molar refractivity (Wildman–Crippen MR) is 48.2 cm³/mol. The number of hydrogen-bond acceptors (Lipinski definition) is 1. The maximum Gasteiger partial charge on any atom is 0.0467 e. The van der Waals surface area contributed by atoms with Crippen LogP contribution in [0.5, 0.6) is 0 Å². The van der Waals surface area contributed by atoms with Crippen LogP contribution in [0.1, 0.15) is 0 Å². The second-order valence-electron chi connectivity index (χ2n) is 2.42. The summed E-state index contributed by atoms with van der Waals surface area (Å²) in [6.45, 7) is 0. The number of rotatable bonds is 0. The molecule has 1 aliphatic heterocycles. The topological polar surface area (TPSA) is 15.8 Å². The lowest BCUT2D eigenvalue weighted by Gasteiger charge is -2.01. The van der Waals surface area contributed by atoms with Crippen LogP contribution in [0.4, 0.5) is 0 Å². The van der Waals surface area contributed by atoms with Gasteiger partial charge in [-0.15, -0.1) is 0 Å². The molecule has 0 amide bonds. The van der Waals surface area contributed by atoms with Crippen LogP contribution < -0.4 is 0 Å². The largest absolute Gasteiger partial charge is 0.361 e. The van der Waals surface area contributed by atoms with Crippen LogP contribution in [0.2, 0.25) is 0 Å². The summed E-state index contributed by atoms with van der Waals surface area (Å²) in [6.07, 6.45) is 1.90. The molecule has 0 fully saturated rings. The van der Waals surface area contributed by atoms with Crippen LogP contribution in [-0.2, 0) is 0 Å². The second-order valence-corrected chi connectivity index (χ2v) is 2.89. The number of benzene rings is 1. The lowest BCUT2D eigenvalue weighted by molar-refractivity contribution is 1.32. The van der Waals surface area contributed by atoms with E-state index in [9.17, 15) is 0 Å². The molecule has 0 bridgehead atoms. The van der Waals surface area contributed by atoms with Crippen molar-refractivity contribution >= 4 is 12.2 Å². The number of fused-ring (bicyclic) bond motifs is 1. The average molecular weight is 161 g/mol. The molecule has 0 atom stereocenters. The van der Waals surface area contributed by atoms with Gasteiger partial charge in [0.25, 0.3) is 0 Å². The summed E-state index contributed by atoms with van der Waals surface area (Å²) in [5, 5.41) is 0. The maximum atomic E-state index is 5.02. The molecule has 0 aromatic carbocycles. The van der Waals surface area contributed by atoms with Gasteiger partial charge in [0.05, 0.1) is 0 Å². The number of nitrogens with one attached hydrogen (secondary N) is 1. The minimum atomic E-state index is 0.875. The van der Waals surface area contributed by atoms with Crippen LogP contribution in [0, 0.1) is 4.51 Å². The Kier molecular flexibility index (Phi) is 1.47. The van der Waals surface area contributed by atoms with E-state index in [4.69, 9.17) is 12.2 Å². The highest BCUT2D eigenvalue weighted by Gasteiger charge is 1.96. The number of H-pyrrole nitrogens is 1. The van der Waals surface area contributed by atoms with Crippen molar-refractivity contribution < 1.29 is 0 Å². The van der Waals surface area contributed by atoms with Gasteiger partial charge in [0, 0.05) is 16.4 Å². The standard InChI is InChI=1S/C9H7NS/c11-8-4-3-7-2-1-5-10-9(7)6-8/h1-6,10H. The van der Waals surface area contributed by atoms with E-state index in [1.54, 1.807) is 0 Å². The molecular weight excluding hydrogens is 154 g/mol. The van der Waals surface area contributed by atoms with Crippen LogP contribution in [0.25, 0.3) is 11.3 Å². The summed E-state index contributed by atoms with van der Waals surface area (Å²) in [7, 11) is 0. The molecular formula is C9H7NS. The first-order valence-corrected chi connectivity index (χ1v) is 3.84. The maximum absolute atomic E-state index is 5.02. The Bertz CT molecular complexity index is 391. The van der Waals surface area contributed by atoms with Crippen LogP contribution in [0.15, 0.2) is 36.5 Å². The first kappa shape index (κ1) is 6.55. The van der Waals surface area contributed by atoms with Crippen molar-refractivity contribution in [2.45, 2.75) is 0 Å². The van der Waals surface area contributed by atoms with Gasteiger partial charge in [0.2, 0.25) is 0 Å². The van der Waals surface area contributed by atoms with Gasteiger partial charge in [-0.25, -0.2) is 0 Å². The van der Waals surface area contributed by atoms with Crippen molar-refractivity contribution in [3.63, 3.8) is 0 Å². The van der Waals surface area contributed by atoms with Gasteiger partial charge in [0.15, 0.2) is 0 Å². The molecule has 0 aromatic rings. The van der Waals surface area contributed by atoms with Crippen LogP contribution in [-0.4, -0.2) is 4.98 Å². The molecule has 0 unspecified atom stereocenters. The third-order valence-electron chi connectivity index (χ3n) is 1.64. The van der Waals surface area contributed by atoms with Gasteiger partial charge < -0.3 is 4.98 Å². The Morgan fingerprint density at radius 2 is 2.09 bits per heavy atom. The van der Waals surface area contributed by atoms with Crippen LogP contribution >= 0.6 is 12.2 Å². The molecule has 11 heavy (non-hydrogen) atoms. The van der Waals surface area contributed by atoms with E-state index in [0.29, 0.717) is 0 Å². The number of aromatic amines is 1. The highest BCUT2D eigenvalue weighted by molar-refractivity contribution is 7.71. The van der Waals surface area contributed by atoms with E-state index in [0.717, 1.165) is 10.2 Å².